The largest absolute Gasteiger partial charge is 0.401 e. The molecule has 0 spiro atoms. The average molecular weight is 307 g/mol. The van der Waals surface area contributed by atoms with Gasteiger partial charge in [0.05, 0.1) is 6.54 Å². The van der Waals surface area contributed by atoms with Crippen molar-refractivity contribution in [2.45, 2.75) is 56.8 Å². The van der Waals surface area contributed by atoms with Crippen LogP contribution in [0.3, 0.4) is 0 Å². The van der Waals surface area contributed by atoms with Gasteiger partial charge >= 0.3 is 6.18 Å². The molecular weight excluding hydrogens is 283 g/mol. The maximum Gasteiger partial charge on any atom is 0.401 e. The SMILES string of the molecule is CCCN(CC(F)(F)F)CC(NC1CC1)(C(N)=O)C1CC1. The first-order valence-electron chi connectivity index (χ1n) is 7.63. The second kappa shape index (κ2) is 6.12. The van der Waals surface area contributed by atoms with Crippen LogP contribution in [-0.4, -0.2) is 48.2 Å². The van der Waals surface area contributed by atoms with Crippen molar-refractivity contribution in [2.75, 3.05) is 19.6 Å². The fraction of sp³-hybridized carbons (Fsp3) is 0.929. The predicted octanol–water partition coefficient (Wildman–Crippen LogP) is 1.65. The standard InChI is InChI=1S/C14H24F3N3O/c1-2-7-20(9-14(15,16)17)8-13(12(18)21,10-3-4-10)19-11-5-6-11/h10-11,19H,2-9H2,1H3,(H2,18,21). The zero-order valence-electron chi connectivity index (χ0n) is 12.4. The molecule has 0 aromatic heterocycles. The molecule has 2 fully saturated rings. The molecule has 2 saturated carbocycles. The summed E-state index contributed by atoms with van der Waals surface area (Å²) >= 11 is 0. The molecule has 0 aromatic rings. The van der Waals surface area contributed by atoms with Crippen LogP contribution in [0.2, 0.25) is 0 Å². The summed E-state index contributed by atoms with van der Waals surface area (Å²) in [5, 5.41) is 3.26. The first-order chi connectivity index (χ1) is 9.77. The molecule has 0 aromatic carbocycles. The second-order valence-corrected chi connectivity index (χ2v) is 6.35. The number of nitrogens with zero attached hydrogens (tertiary/aromatic N) is 1. The average Bonchev–Trinajstić information content (AvgIpc) is 3.20. The summed E-state index contributed by atoms with van der Waals surface area (Å²) in [7, 11) is 0. The van der Waals surface area contributed by atoms with Crippen LogP contribution in [0.15, 0.2) is 0 Å². The van der Waals surface area contributed by atoms with Crippen molar-refractivity contribution in [3.05, 3.63) is 0 Å². The number of rotatable bonds is 9. The zero-order valence-corrected chi connectivity index (χ0v) is 12.4. The van der Waals surface area contributed by atoms with Crippen LogP contribution in [0.4, 0.5) is 13.2 Å². The highest BCUT2D eigenvalue weighted by Crippen LogP contribution is 2.42. The fourth-order valence-electron chi connectivity index (χ4n) is 2.95. The molecule has 0 saturated heterocycles. The van der Waals surface area contributed by atoms with Gasteiger partial charge in [-0.3, -0.25) is 15.0 Å². The summed E-state index contributed by atoms with van der Waals surface area (Å²) in [6.07, 6.45) is -0.00636. The molecule has 1 atom stereocenters. The Morgan fingerprint density at radius 2 is 1.86 bits per heavy atom. The van der Waals surface area contributed by atoms with E-state index in [1.807, 2.05) is 6.92 Å². The van der Waals surface area contributed by atoms with Crippen molar-refractivity contribution >= 4 is 5.91 Å². The number of carbonyl (C=O) groups excluding carboxylic acids is 1. The van der Waals surface area contributed by atoms with Gasteiger partial charge in [-0.15, -0.1) is 0 Å². The highest BCUT2D eigenvalue weighted by atomic mass is 19.4. The lowest BCUT2D eigenvalue weighted by molar-refractivity contribution is -0.151. The molecule has 1 amide bonds. The molecule has 2 rings (SSSR count). The van der Waals surface area contributed by atoms with Gasteiger partial charge in [-0.1, -0.05) is 6.92 Å². The lowest BCUT2D eigenvalue weighted by Gasteiger charge is -2.37. The molecule has 0 heterocycles. The van der Waals surface area contributed by atoms with Gasteiger partial charge in [0.25, 0.3) is 0 Å². The number of alkyl halides is 3. The second-order valence-electron chi connectivity index (χ2n) is 6.35. The highest BCUT2D eigenvalue weighted by Gasteiger charge is 2.53. The van der Waals surface area contributed by atoms with E-state index in [2.05, 4.69) is 5.32 Å². The molecule has 3 N–H and O–H groups in total. The Kier molecular flexibility index (Phi) is 4.82. The van der Waals surface area contributed by atoms with E-state index >= 15 is 0 Å². The number of hydrogen-bond donors (Lipinski definition) is 2. The van der Waals surface area contributed by atoms with Crippen LogP contribution < -0.4 is 11.1 Å². The van der Waals surface area contributed by atoms with Crippen LogP contribution in [0.1, 0.15) is 39.0 Å². The maximum atomic E-state index is 12.7. The van der Waals surface area contributed by atoms with E-state index in [-0.39, 0.29) is 18.5 Å². The molecule has 0 radical (unpaired) electrons. The van der Waals surface area contributed by atoms with Gasteiger partial charge < -0.3 is 5.73 Å². The summed E-state index contributed by atoms with van der Waals surface area (Å²) in [5.41, 5.74) is 4.59. The number of primary amides is 1. The Morgan fingerprint density at radius 3 is 2.24 bits per heavy atom. The van der Waals surface area contributed by atoms with Crippen LogP contribution in [-0.2, 0) is 4.79 Å². The van der Waals surface area contributed by atoms with Crippen molar-refractivity contribution in [1.82, 2.24) is 10.2 Å². The van der Waals surface area contributed by atoms with Crippen molar-refractivity contribution in [2.24, 2.45) is 11.7 Å². The van der Waals surface area contributed by atoms with E-state index in [1.54, 1.807) is 0 Å². The van der Waals surface area contributed by atoms with Crippen LogP contribution in [0.5, 0.6) is 0 Å². The third kappa shape index (κ3) is 4.57. The first kappa shape index (κ1) is 16.5. The number of halogens is 3. The monoisotopic (exact) mass is 307 g/mol. The van der Waals surface area contributed by atoms with Crippen LogP contribution >= 0.6 is 0 Å². The number of amides is 1. The van der Waals surface area contributed by atoms with Crippen molar-refractivity contribution < 1.29 is 18.0 Å². The lowest BCUT2D eigenvalue weighted by atomic mass is 9.90. The van der Waals surface area contributed by atoms with Gasteiger partial charge in [0.1, 0.15) is 5.54 Å². The van der Waals surface area contributed by atoms with E-state index in [1.165, 1.54) is 4.90 Å². The third-order valence-corrected chi connectivity index (χ3v) is 4.17. The van der Waals surface area contributed by atoms with Crippen molar-refractivity contribution in [1.29, 1.82) is 0 Å². The molecule has 1 unspecified atom stereocenters. The maximum absolute atomic E-state index is 12.7. The minimum Gasteiger partial charge on any atom is -0.368 e. The molecule has 0 bridgehead atoms. The fourth-order valence-corrected chi connectivity index (χ4v) is 2.95. The molecular formula is C14H24F3N3O. The lowest BCUT2D eigenvalue weighted by Crippen LogP contribution is -2.64. The van der Waals surface area contributed by atoms with Gasteiger partial charge in [-0.25, -0.2) is 0 Å². The molecule has 122 valence electrons. The van der Waals surface area contributed by atoms with Crippen LogP contribution in [0.25, 0.3) is 0 Å². The molecule has 0 aliphatic heterocycles. The van der Waals surface area contributed by atoms with Gasteiger partial charge in [-0.05, 0) is 44.6 Å². The van der Waals surface area contributed by atoms with Gasteiger partial charge in [0.2, 0.25) is 5.91 Å². The van der Waals surface area contributed by atoms with Gasteiger partial charge in [0.15, 0.2) is 0 Å². The summed E-state index contributed by atoms with van der Waals surface area (Å²) in [4.78, 5) is 13.3. The minimum absolute atomic E-state index is 0.0524. The quantitative estimate of drug-likeness (QED) is 0.681. The number of nitrogens with one attached hydrogen (secondary N) is 1. The Labute approximate surface area is 123 Å². The summed E-state index contributed by atoms with van der Waals surface area (Å²) in [6, 6.07) is 0.229. The van der Waals surface area contributed by atoms with Crippen molar-refractivity contribution in [3.8, 4) is 0 Å². The van der Waals surface area contributed by atoms with Crippen LogP contribution in [0, 0.1) is 5.92 Å². The number of nitrogens with two attached hydrogens (primary N) is 1. The Balaban J connectivity index is 2.12. The van der Waals surface area contributed by atoms with Gasteiger partial charge in [0, 0.05) is 12.6 Å². The number of hydrogen-bond acceptors (Lipinski definition) is 3. The van der Waals surface area contributed by atoms with E-state index in [4.69, 9.17) is 5.73 Å². The Hall–Kier alpha value is -0.820. The predicted molar refractivity (Wildman–Crippen MR) is 73.6 cm³/mol. The van der Waals surface area contributed by atoms with E-state index in [0.29, 0.717) is 13.0 Å². The molecule has 4 nitrogen and oxygen atoms in total. The minimum atomic E-state index is -4.26. The molecule has 21 heavy (non-hydrogen) atoms. The number of carbonyl (C=O) groups is 1. The zero-order chi connectivity index (χ0) is 15.7. The summed E-state index contributed by atoms with van der Waals surface area (Å²) < 4.78 is 38.2. The summed E-state index contributed by atoms with van der Waals surface area (Å²) in [5.74, 6) is -0.441. The normalized spacial score (nSPS) is 22.3. The Morgan fingerprint density at radius 1 is 1.24 bits per heavy atom. The molecule has 7 heteroatoms. The summed E-state index contributed by atoms with van der Waals surface area (Å²) in [6.45, 7) is 1.21. The van der Waals surface area contributed by atoms with Gasteiger partial charge in [-0.2, -0.15) is 13.2 Å². The third-order valence-electron chi connectivity index (χ3n) is 4.17. The van der Waals surface area contributed by atoms with E-state index in [9.17, 15) is 18.0 Å². The Bertz CT molecular complexity index is 380. The van der Waals surface area contributed by atoms with Crippen molar-refractivity contribution in [3.63, 3.8) is 0 Å². The topological polar surface area (TPSA) is 58.4 Å². The van der Waals surface area contributed by atoms with E-state index < -0.39 is 24.2 Å². The molecule has 2 aliphatic carbocycles. The van der Waals surface area contributed by atoms with E-state index in [0.717, 1.165) is 25.7 Å². The molecule has 2 aliphatic rings. The highest BCUT2D eigenvalue weighted by molar-refractivity contribution is 5.86. The smallest absolute Gasteiger partial charge is 0.368 e. The first-order valence-corrected chi connectivity index (χ1v) is 7.63.